The van der Waals surface area contributed by atoms with E-state index in [0.717, 1.165) is 5.75 Å². The molecule has 0 aromatic heterocycles. The van der Waals surface area contributed by atoms with Crippen LogP contribution in [0.2, 0.25) is 0 Å². The van der Waals surface area contributed by atoms with Crippen LogP contribution in [0.5, 0.6) is 5.75 Å². The number of piperidine rings is 1. The zero-order valence-electron chi connectivity index (χ0n) is 26.1. The standard InChI is InChI=1S/C36H45NO5/c1-26(38)41-32(25-40-30-20-18-29(19-21-30)36(6,7)28-16-12-9-13-17-28)24-37-34(2,3)22-31(23-35(37,4)5)42-33(39)27-14-10-8-11-15-27/h8-21,31-32H,22-25H2,1-7H3. The van der Waals surface area contributed by atoms with Gasteiger partial charge in [-0.1, -0.05) is 74.5 Å². The van der Waals surface area contributed by atoms with Crippen molar-refractivity contribution in [3.8, 4) is 5.75 Å². The predicted octanol–water partition coefficient (Wildman–Crippen LogP) is 7.20. The summed E-state index contributed by atoms with van der Waals surface area (Å²) in [5.41, 5.74) is 2.23. The number of benzene rings is 3. The number of carbonyl (C=O) groups is 2. The van der Waals surface area contributed by atoms with Crippen LogP contribution >= 0.6 is 0 Å². The van der Waals surface area contributed by atoms with E-state index in [0.29, 0.717) is 24.9 Å². The molecule has 6 heteroatoms. The molecule has 0 saturated carbocycles. The van der Waals surface area contributed by atoms with Crippen LogP contribution in [0.3, 0.4) is 0 Å². The number of ether oxygens (including phenoxy) is 3. The molecule has 1 heterocycles. The fourth-order valence-electron chi connectivity index (χ4n) is 6.34. The van der Waals surface area contributed by atoms with E-state index in [2.05, 4.69) is 82.8 Å². The lowest BCUT2D eigenvalue weighted by Crippen LogP contribution is -2.64. The van der Waals surface area contributed by atoms with Gasteiger partial charge in [0, 0.05) is 42.8 Å². The molecule has 6 nitrogen and oxygen atoms in total. The summed E-state index contributed by atoms with van der Waals surface area (Å²) < 4.78 is 17.9. The maximum Gasteiger partial charge on any atom is 0.338 e. The topological polar surface area (TPSA) is 65.1 Å². The van der Waals surface area contributed by atoms with E-state index < -0.39 is 6.10 Å². The minimum absolute atomic E-state index is 0.140. The summed E-state index contributed by atoms with van der Waals surface area (Å²) >= 11 is 0. The van der Waals surface area contributed by atoms with Gasteiger partial charge in [0.1, 0.15) is 24.6 Å². The van der Waals surface area contributed by atoms with Crippen molar-refractivity contribution in [1.29, 1.82) is 0 Å². The summed E-state index contributed by atoms with van der Waals surface area (Å²) in [6, 6.07) is 27.7. The van der Waals surface area contributed by atoms with Crippen molar-refractivity contribution >= 4 is 11.9 Å². The van der Waals surface area contributed by atoms with Crippen LogP contribution in [0.15, 0.2) is 84.9 Å². The Balaban J connectivity index is 1.42. The average Bonchev–Trinajstić information content (AvgIpc) is 2.94. The Morgan fingerprint density at radius 2 is 1.36 bits per heavy atom. The monoisotopic (exact) mass is 571 g/mol. The molecule has 3 aromatic carbocycles. The van der Waals surface area contributed by atoms with Gasteiger partial charge in [0.2, 0.25) is 0 Å². The SMILES string of the molecule is CC(=O)OC(COc1ccc(C(C)(C)c2ccccc2)cc1)CN1C(C)(C)CC(OC(=O)c2ccccc2)CC1(C)C. The molecule has 0 amide bonds. The second-order valence-electron chi connectivity index (χ2n) is 13.1. The van der Waals surface area contributed by atoms with E-state index in [1.807, 2.05) is 36.4 Å². The highest BCUT2D eigenvalue weighted by Crippen LogP contribution is 2.40. The summed E-state index contributed by atoms with van der Waals surface area (Å²) in [4.78, 5) is 27.2. The molecule has 0 spiro atoms. The third-order valence-corrected chi connectivity index (χ3v) is 8.43. The number of hydrogen-bond acceptors (Lipinski definition) is 6. The lowest BCUT2D eigenvalue weighted by atomic mass is 9.77. The van der Waals surface area contributed by atoms with Crippen LogP contribution in [-0.4, -0.2) is 53.3 Å². The number of nitrogens with zero attached hydrogens (tertiary/aromatic N) is 1. The molecule has 0 bridgehead atoms. The van der Waals surface area contributed by atoms with Gasteiger partial charge in [0.25, 0.3) is 0 Å². The first-order chi connectivity index (χ1) is 19.8. The van der Waals surface area contributed by atoms with Crippen molar-refractivity contribution in [1.82, 2.24) is 4.90 Å². The summed E-state index contributed by atoms with van der Waals surface area (Å²) in [6.07, 6.45) is 0.647. The van der Waals surface area contributed by atoms with Crippen molar-refractivity contribution in [3.63, 3.8) is 0 Å². The highest BCUT2D eigenvalue weighted by Gasteiger charge is 2.47. The number of likely N-dealkylation sites (tertiary alicyclic amines) is 1. The summed E-state index contributed by atoms with van der Waals surface area (Å²) in [5, 5.41) is 0. The lowest BCUT2D eigenvalue weighted by molar-refractivity contribution is -0.155. The molecule has 1 saturated heterocycles. The van der Waals surface area contributed by atoms with Crippen LogP contribution in [0.25, 0.3) is 0 Å². The molecule has 1 aliphatic rings. The molecule has 42 heavy (non-hydrogen) atoms. The number of rotatable bonds is 10. The Hall–Kier alpha value is -3.64. The lowest BCUT2D eigenvalue weighted by Gasteiger charge is -2.55. The van der Waals surface area contributed by atoms with Crippen molar-refractivity contribution in [2.24, 2.45) is 0 Å². The molecule has 1 unspecified atom stereocenters. The van der Waals surface area contributed by atoms with E-state index in [4.69, 9.17) is 14.2 Å². The molecule has 0 radical (unpaired) electrons. The molecular formula is C36H45NO5. The van der Waals surface area contributed by atoms with Crippen molar-refractivity contribution in [3.05, 3.63) is 102 Å². The maximum atomic E-state index is 12.8. The smallest absolute Gasteiger partial charge is 0.338 e. The summed E-state index contributed by atoms with van der Waals surface area (Å²) in [6.45, 7) is 15.2. The maximum absolute atomic E-state index is 12.8. The summed E-state index contributed by atoms with van der Waals surface area (Å²) in [7, 11) is 0. The largest absolute Gasteiger partial charge is 0.490 e. The van der Waals surface area contributed by atoms with E-state index in [1.54, 1.807) is 12.1 Å². The van der Waals surface area contributed by atoms with Crippen molar-refractivity contribution in [2.45, 2.75) is 90.0 Å². The van der Waals surface area contributed by atoms with E-state index in [1.165, 1.54) is 18.1 Å². The number of esters is 2. The first-order valence-electron chi connectivity index (χ1n) is 14.8. The molecular weight excluding hydrogens is 526 g/mol. The van der Waals surface area contributed by atoms with Gasteiger partial charge >= 0.3 is 11.9 Å². The number of carbonyl (C=O) groups excluding carboxylic acids is 2. The molecule has 1 fully saturated rings. The molecule has 4 rings (SSSR count). The Morgan fingerprint density at radius 1 is 0.833 bits per heavy atom. The Kier molecular flexibility index (Phi) is 9.47. The summed E-state index contributed by atoms with van der Waals surface area (Å²) in [5.74, 6) is 0.0840. The van der Waals surface area contributed by atoms with Gasteiger partial charge in [-0.25, -0.2) is 4.79 Å². The van der Waals surface area contributed by atoms with Gasteiger partial charge < -0.3 is 14.2 Å². The fourth-order valence-corrected chi connectivity index (χ4v) is 6.34. The third-order valence-electron chi connectivity index (χ3n) is 8.43. The zero-order valence-corrected chi connectivity index (χ0v) is 26.1. The quantitative estimate of drug-likeness (QED) is 0.240. The van der Waals surface area contributed by atoms with Crippen LogP contribution in [0.4, 0.5) is 0 Å². The second kappa shape index (κ2) is 12.7. The third kappa shape index (κ3) is 7.60. The van der Waals surface area contributed by atoms with Crippen LogP contribution in [0.1, 0.15) is 82.8 Å². The van der Waals surface area contributed by atoms with Gasteiger partial charge in [0.05, 0.1) is 5.56 Å². The van der Waals surface area contributed by atoms with Crippen LogP contribution in [-0.2, 0) is 19.7 Å². The van der Waals surface area contributed by atoms with Gasteiger partial charge in [-0.2, -0.15) is 0 Å². The fraction of sp³-hybridized carbons (Fsp3) is 0.444. The van der Waals surface area contributed by atoms with E-state index in [9.17, 15) is 9.59 Å². The minimum atomic E-state index is -0.468. The molecule has 224 valence electrons. The van der Waals surface area contributed by atoms with E-state index >= 15 is 0 Å². The van der Waals surface area contributed by atoms with Crippen molar-refractivity contribution < 1.29 is 23.8 Å². The first-order valence-corrected chi connectivity index (χ1v) is 14.8. The van der Waals surface area contributed by atoms with Crippen molar-refractivity contribution in [2.75, 3.05) is 13.2 Å². The molecule has 3 aromatic rings. The number of hydrogen-bond donors (Lipinski definition) is 0. The Labute approximate surface area is 251 Å². The average molecular weight is 572 g/mol. The van der Waals surface area contributed by atoms with Gasteiger partial charge in [-0.05, 0) is 63.1 Å². The zero-order chi connectivity index (χ0) is 30.5. The molecule has 0 aliphatic carbocycles. The highest BCUT2D eigenvalue weighted by molar-refractivity contribution is 5.89. The van der Waals surface area contributed by atoms with Crippen LogP contribution < -0.4 is 4.74 Å². The van der Waals surface area contributed by atoms with Gasteiger partial charge in [0.15, 0.2) is 0 Å². The van der Waals surface area contributed by atoms with Gasteiger partial charge in [-0.3, -0.25) is 9.69 Å². The Morgan fingerprint density at radius 3 is 1.90 bits per heavy atom. The molecule has 0 N–H and O–H groups in total. The molecule has 1 atom stereocenters. The minimum Gasteiger partial charge on any atom is -0.490 e. The first kappa shape index (κ1) is 31.3. The second-order valence-corrected chi connectivity index (χ2v) is 13.1. The highest BCUT2D eigenvalue weighted by atomic mass is 16.6. The van der Waals surface area contributed by atoms with Gasteiger partial charge in [-0.15, -0.1) is 0 Å². The predicted molar refractivity (Wildman–Crippen MR) is 166 cm³/mol. The van der Waals surface area contributed by atoms with E-state index in [-0.39, 0.29) is 41.1 Å². The normalized spacial score (nSPS) is 17.7. The molecule has 1 aliphatic heterocycles. The van der Waals surface area contributed by atoms with Crippen LogP contribution in [0, 0.1) is 0 Å². The Bertz CT molecular complexity index is 1310.